The minimum Gasteiger partial charge on any atom is -0.338 e. The lowest BCUT2D eigenvalue weighted by Gasteiger charge is -2.11. The van der Waals surface area contributed by atoms with Crippen LogP contribution in [-0.4, -0.2) is 22.5 Å². The Morgan fingerprint density at radius 2 is 1.85 bits per heavy atom. The third kappa shape index (κ3) is 3.31. The van der Waals surface area contributed by atoms with Gasteiger partial charge in [-0.1, -0.05) is 30.3 Å². The van der Waals surface area contributed by atoms with Gasteiger partial charge in [0, 0.05) is 41.5 Å². The molecule has 0 radical (unpaired) electrons. The van der Waals surface area contributed by atoms with Gasteiger partial charge in [-0.2, -0.15) is 0 Å². The van der Waals surface area contributed by atoms with Crippen molar-refractivity contribution in [3.8, 4) is 11.1 Å². The van der Waals surface area contributed by atoms with E-state index >= 15 is 0 Å². The summed E-state index contributed by atoms with van der Waals surface area (Å²) in [5.74, 6) is 0.529. The number of rotatable bonds is 3. The summed E-state index contributed by atoms with van der Waals surface area (Å²) in [6.07, 6.45) is 5.58. The molecular formula is C22H20N4O. The van der Waals surface area contributed by atoms with Crippen molar-refractivity contribution in [1.29, 1.82) is 0 Å². The number of hydrogen-bond donors (Lipinski definition) is 2. The number of nitrogens with one attached hydrogen (secondary N) is 2. The number of carbonyl (C=O) groups is 1. The molecule has 5 heteroatoms. The predicted octanol–water partition coefficient (Wildman–Crippen LogP) is 4.90. The number of amides is 2. The Hall–Kier alpha value is -3.47. The molecule has 0 aliphatic rings. The zero-order chi connectivity index (χ0) is 18.8. The van der Waals surface area contributed by atoms with Gasteiger partial charge in [0.2, 0.25) is 0 Å². The van der Waals surface area contributed by atoms with Crippen molar-refractivity contribution in [1.82, 2.24) is 15.3 Å². The van der Waals surface area contributed by atoms with Crippen molar-refractivity contribution in [3.63, 3.8) is 0 Å². The second kappa shape index (κ2) is 7.03. The van der Waals surface area contributed by atoms with Crippen LogP contribution in [0.5, 0.6) is 0 Å². The molecule has 2 N–H and O–H groups in total. The number of nitrogens with zero attached hydrogens (tertiary/aromatic N) is 2. The van der Waals surface area contributed by atoms with E-state index < -0.39 is 0 Å². The quantitative estimate of drug-likeness (QED) is 0.549. The zero-order valence-electron chi connectivity index (χ0n) is 15.3. The number of fused-ring (bicyclic) bond motifs is 2. The molecule has 27 heavy (non-hydrogen) atoms. The largest absolute Gasteiger partial charge is 0.338 e. The number of hydrogen-bond acceptors (Lipinski definition) is 3. The topological polar surface area (TPSA) is 66.9 Å². The molecule has 0 aliphatic carbocycles. The normalized spacial score (nSPS) is 10.9. The Morgan fingerprint density at radius 1 is 1.00 bits per heavy atom. The highest BCUT2D eigenvalue weighted by Crippen LogP contribution is 2.32. The maximum atomic E-state index is 11.8. The lowest BCUT2D eigenvalue weighted by molar-refractivity contribution is 0.252. The average molecular weight is 356 g/mol. The zero-order valence-corrected chi connectivity index (χ0v) is 15.3. The van der Waals surface area contributed by atoms with Crippen molar-refractivity contribution in [2.45, 2.75) is 13.8 Å². The van der Waals surface area contributed by atoms with E-state index in [9.17, 15) is 4.79 Å². The molecule has 0 bridgehead atoms. The molecule has 0 atom stereocenters. The average Bonchev–Trinajstić information content (AvgIpc) is 2.67. The maximum Gasteiger partial charge on any atom is 0.320 e. The van der Waals surface area contributed by atoms with Crippen molar-refractivity contribution < 1.29 is 4.79 Å². The molecule has 0 spiro atoms. The summed E-state index contributed by atoms with van der Waals surface area (Å²) in [5, 5.41) is 9.85. The SMILES string of the molecule is CCNC(=O)Nc1cc2cc(-c3cncc4ccccc34)cc(C)c2cn1. The van der Waals surface area contributed by atoms with Crippen LogP contribution in [-0.2, 0) is 0 Å². The first-order valence-electron chi connectivity index (χ1n) is 8.94. The second-order valence-electron chi connectivity index (χ2n) is 6.48. The van der Waals surface area contributed by atoms with Gasteiger partial charge in [-0.3, -0.25) is 10.3 Å². The standard InChI is InChI=1S/C22H20N4O/c1-3-24-22(27)26-21-10-17-9-16(8-14(2)19(17)13-25-21)20-12-23-11-15-6-4-5-7-18(15)20/h4-13H,3H2,1-2H3,(H2,24,25,26,27). The van der Waals surface area contributed by atoms with Crippen LogP contribution in [0.4, 0.5) is 10.6 Å². The van der Waals surface area contributed by atoms with Gasteiger partial charge >= 0.3 is 6.03 Å². The summed E-state index contributed by atoms with van der Waals surface area (Å²) < 4.78 is 0. The molecular weight excluding hydrogens is 336 g/mol. The summed E-state index contributed by atoms with van der Waals surface area (Å²) in [5.41, 5.74) is 3.32. The van der Waals surface area contributed by atoms with E-state index in [2.05, 4.69) is 51.8 Å². The van der Waals surface area contributed by atoms with Crippen LogP contribution in [0.15, 0.2) is 61.1 Å². The number of urea groups is 1. The first-order valence-corrected chi connectivity index (χ1v) is 8.94. The highest BCUT2D eigenvalue weighted by Gasteiger charge is 2.09. The fraction of sp³-hybridized carbons (Fsp3) is 0.136. The van der Waals surface area contributed by atoms with E-state index in [0.717, 1.165) is 32.8 Å². The van der Waals surface area contributed by atoms with Crippen LogP contribution < -0.4 is 10.6 Å². The van der Waals surface area contributed by atoms with Crippen LogP contribution in [0.1, 0.15) is 12.5 Å². The van der Waals surface area contributed by atoms with Gasteiger partial charge in [0.1, 0.15) is 5.82 Å². The molecule has 0 fully saturated rings. The fourth-order valence-electron chi connectivity index (χ4n) is 3.33. The molecule has 5 nitrogen and oxygen atoms in total. The van der Waals surface area contributed by atoms with E-state index in [1.807, 2.05) is 37.5 Å². The summed E-state index contributed by atoms with van der Waals surface area (Å²) in [6, 6.07) is 14.2. The number of aromatic nitrogens is 2. The van der Waals surface area contributed by atoms with Crippen LogP contribution in [0.25, 0.3) is 32.7 Å². The first-order chi connectivity index (χ1) is 13.2. The lowest BCUT2D eigenvalue weighted by atomic mass is 9.96. The summed E-state index contributed by atoms with van der Waals surface area (Å²) >= 11 is 0. The number of aryl methyl sites for hydroxylation is 1. The van der Waals surface area contributed by atoms with Gasteiger partial charge in [0.15, 0.2) is 0 Å². The smallest absolute Gasteiger partial charge is 0.320 e. The lowest BCUT2D eigenvalue weighted by Crippen LogP contribution is -2.28. The molecule has 4 aromatic rings. The molecule has 2 amide bonds. The van der Waals surface area contributed by atoms with Gasteiger partial charge in [0.25, 0.3) is 0 Å². The molecule has 2 heterocycles. The van der Waals surface area contributed by atoms with Crippen molar-refractivity contribution >= 4 is 33.4 Å². The first kappa shape index (κ1) is 17.0. The Labute approximate surface area is 157 Å². The van der Waals surface area contributed by atoms with Crippen LogP contribution in [0.3, 0.4) is 0 Å². The second-order valence-corrected chi connectivity index (χ2v) is 6.48. The number of pyridine rings is 2. The summed E-state index contributed by atoms with van der Waals surface area (Å²) in [4.78, 5) is 20.5. The minimum atomic E-state index is -0.254. The predicted molar refractivity (Wildman–Crippen MR) is 110 cm³/mol. The molecule has 4 rings (SSSR count). The van der Waals surface area contributed by atoms with Crippen LogP contribution in [0.2, 0.25) is 0 Å². The fourth-order valence-corrected chi connectivity index (χ4v) is 3.33. The van der Waals surface area contributed by atoms with Crippen LogP contribution >= 0.6 is 0 Å². The summed E-state index contributed by atoms with van der Waals surface area (Å²) in [6.45, 7) is 4.51. The number of benzene rings is 2. The third-order valence-electron chi connectivity index (χ3n) is 4.60. The van der Waals surface area contributed by atoms with E-state index in [4.69, 9.17) is 0 Å². The highest BCUT2D eigenvalue weighted by atomic mass is 16.2. The molecule has 2 aromatic heterocycles. The highest BCUT2D eigenvalue weighted by molar-refractivity contribution is 6.00. The van der Waals surface area contributed by atoms with Crippen molar-refractivity contribution in [2.75, 3.05) is 11.9 Å². The van der Waals surface area contributed by atoms with Gasteiger partial charge in [0.05, 0.1) is 0 Å². The molecule has 0 aliphatic heterocycles. The van der Waals surface area contributed by atoms with Gasteiger partial charge < -0.3 is 5.32 Å². The van der Waals surface area contributed by atoms with Crippen molar-refractivity contribution in [3.05, 3.63) is 66.6 Å². The van der Waals surface area contributed by atoms with Crippen molar-refractivity contribution in [2.24, 2.45) is 0 Å². The summed E-state index contributed by atoms with van der Waals surface area (Å²) in [7, 11) is 0. The van der Waals surface area contributed by atoms with Gasteiger partial charge in [-0.15, -0.1) is 0 Å². The number of anilines is 1. The Morgan fingerprint density at radius 3 is 2.70 bits per heavy atom. The third-order valence-corrected chi connectivity index (χ3v) is 4.60. The Kier molecular flexibility index (Phi) is 4.42. The molecule has 0 unspecified atom stereocenters. The van der Waals surface area contributed by atoms with E-state index in [1.54, 1.807) is 6.20 Å². The molecule has 0 saturated heterocycles. The molecule has 0 saturated carbocycles. The van der Waals surface area contributed by atoms with Gasteiger partial charge in [-0.25, -0.2) is 9.78 Å². The minimum absolute atomic E-state index is 0.254. The van der Waals surface area contributed by atoms with E-state index in [0.29, 0.717) is 12.4 Å². The van der Waals surface area contributed by atoms with Crippen LogP contribution in [0, 0.1) is 6.92 Å². The Bertz CT molecular complexity index is 1150. The maximum absolute atomic E-state index is 11.8. The van der Waals surface area contributed by atoms with E-state index in [1.165, 1.54) is 5.39 Å². The Balaban J connectivity index is 1.83. The molecule has 2 aromatic carbocycles. The molecule has 134 valence electrons. The van der Waals surface area contributed by atoms with Gasteiger partial charge in [-0.05, 0) is 47.9 Å². The monoisotopic (exact) mass is 356 g/mol. The number of carbonyl (C=O) groups excluding carboxylic acids is 1. The van der Waals surface area contributed by atoms with E-state index in [-0.39, 0.29) is 6.03 Å².